The Labute approximate surface area is 162 Å². The van der Waals surface area contributed by atoms with Crippen LogP contribution in [0.3, 0.4) is 0 Å². The molecule has 146 valence electrons. The number of hydrogen-bond acceptors (Lipinski definition) is 6. The second-order valence-corrected chi connectivity index (χ2v) is 6.75. The number of piperazine rings is 1. The first kappa shape index (κ1) is 18.2. The minimum Gasteiger partial charge on any atom is -0.478 e. The summed E-state index contributed by atoms with van der Waals surface area (Å²) in [6.07, 6.45) is 0. The van der Waals surface area contributed by atoms with Gasteiger partial charge in [-0.15, -0.1) is 0 Å². The van der Waals surface area contributed by atoms with Gasteiger partial charge in [0.15, 0.2) is 0 Å². The van der Waals surface area contributed by atoms with Crippen molar-refractivity contribution in [2.45, 2.75) is 13.5 Å². The standard InChI is InChI=1S/C20H23N5O3/c1-2-28-19-5-3-4-18(23-19)25-10-8-24(9-11-25)13-17-21-15-7-6-14(20(26)27)12-16(15)22-17/h3-7,12H,2,8-11,13H2,1H3,(H,21,22)(H,26,27). The van der Waals surface area contributed by atoms with Gasteiger partial charge in [-0.1, -0.05) is 6.07 Å². The first-order valence-electron chi connectivity index (χ1n) is 9.41. The number of hydrogen-bond donors (Lipinski definition) is 2. The van der Waals surface area contributed by atoms with Crippen molar-refractivity contribution in [1.29, 1.82) is 0 Å². The molecule has 0 radical (unpaired) electrons. The number of nitrogens with one attached hydrogen (secondary N) is 1. The monoisotopic (exact) mass is 381 g/mol. The molecule has 1 aliphatic heterocycles. The Hall–Kier alpha value is -3.13. The van der Waals surface area contributed by atoms with E-state index in [0.717, 1.165) is 48.9 Å². The van der Waals surface area contributed by atoms with Crippen molar-refractivity contribution in [3.05, 3.63) is 47.8 Å². The third-order valence-corrected chi connectivity index (χ3v) is 4.85. The molecule has 0 bridgehead atoms. The van der Waals surface area contributed by atoms with E-state index in [4.69, 9.17) is 9.84 Å². The van der Waals surface area contributed by atoms with Gasteiger partial charge in [0.1, 0.15) is 11.6 Å². The van der Waals surface area contributed by atoms with Gasteiger partial charge in [-0.25, -0.2) is 9.78 Å². The molecule has 8 heteroatoms. The van der Waals surface area contributed by atoms with E-state index >= 15 is 0 Å². The molecule has 1 aliphatic rings. The van der Waals surface area contributed by atoms with Crippen LogP contribution in [0.4, 0.5) is 5.82 Å². The number of pyridine rings is 1. The lowest BCUT2D eigenvalue weighted by molar-refractivity contribution is 0.0697. The zero-order chi connectivity index (χ0) is 19.5. The smallest absolute Gasteiger partial charge is 0.335 e. The predicted octanol–water partition coefficient (Wildman–Crippen LogP) is 2.38. The maximum Gasteiger partial charge on any atom is 0.335 e. The number of benzene rings is 1. The van der Waals surface area contributed by atoms with Gasteiger partial charge in [0, 0.05) is 32.2 Å². The Kier molecular flexibility index (Phi) is 5.12. The van der Waals surface area contributed by atoms with Crippen LogP contribution in [0.1, 0.15) is 23.1 Å². The maximum atomic E-state index is 11.1. The number of fused-ring (bicyclic) bond motifs is 1. The van der Waals surface area contributed by atoms with Crippen LogP contribution in [0.5, 0.6) is 5.88 Å². The highest BCUT2D eigenvalue weighted by Crippen LogP contribution is 2.19. The van der Waals surface area contributed by atoms with Crippen molar-refractivity contribution in [2.24, 2.45) is 0 Å². The summed E-state index contributed by atoms with van der Waals surface area (Å²) < 4.78 is 5.49. The molecule has 2 N–H and O–H groups in total. The molecule has 1 saturated heterocycles. The highest BCUT2D eigenvalue weighted by molar-refractivity contribution is 5.92. The third kappa shape index (κ3) is 3.91. The van der Waals surface area contributed by atoms with E-state index < -0.39 is 5.97 Å². The molecule has 0 atom stereocenters. The van der Waals surface area contributed by atoms with Gasteiger partial charge >= 0.3 is 5.97 Å². The molecule has 0 saturated carbocycles. The van der Waals surface area contributed by atoms with Crippen LogP contribution >= 0.6 is 0 Å². The average Bonchev–Trinajstić information content (AvgIpc) is 3.10. The van der Waals surface area contributed by atoms with Crippen molar-refractivity contribution < 1.29 is 14.6 Å². The van der Waals surface area contributed by atoms with E-state index in [1.54, 1.807) is 18.2 Å². The minimum atomic E-state index is -0.934. The van der Waals surface area contributed by atoms with Crippen LogP contribution in [-0.2, 0) is 6.54 Å². The van der Waals surface area contributed by atoms with E-state index in [9.17, 15) is 4.79 Å². The SMILES string of the molecule is CCOc1cccc(N2CCN(Cc3nc4ccc(C(=O)O)cc4[nH]3)CC2)n1. The molecule has 28 heavy (non-hydrogen) atoms. The predicted molar refractivity (Wildman–Crippen MR) is 106 cm³/mol. The maximum absolute atomic E-state index is 11.1. The van der Waals surface area contributed by atoms with Crippen molar-refractivity contribution in [3.8, 4) is 5.88 Å². The number of anilines is 1. The van der Waals surface area contributed by atoms with Gasteiger partial charge in [0.2, 0.25) is 5.88 Å². The molecule has 3 heterocycles. The first-order valence-corrected chi connectivity index (χ1v) is 9.41. The van der Waals surface area contributed by atoms with Gasteiger partial charge < -0.3 is 19.7 Å². The van der Waals surface area contributed by atoms with Gasteiger partial charge in [0.25, 0.3) is 0 Å². The molecule has 2 aromatic heterocycles. The number of carbonyl (C=O) groups is 1. The van der Waals surface area contributed by atoms with Crippen LogP contribution in [0, 0.1) is 0 Å². The number of aromatic carboxylic acids is 1. The number of ether oxygens (including phenoxy) is 1. The Balaban J connectivity index is 1.38. The van der Waals surface area contributed by atoms with Crippen LogP contribution in [0.2, 0.25) is 0 Å². The summed E-state index contributed by atoms with van der Waals surface area (Å²) in [6.45, 7) is 6.83. The fourth-order valence-corrected chi connectivity index (χ4v) is 3.43. The normalized spacial score (nSPS) is 15.1. The number of nitrogens with zero attached hydrogens (tertiary/aromatic N) is 4. The van der Waals surface area contributed by atoms with Crippen molar-refractivity contribution in [1.82, 2.24) is 19.9 Å². The summed E-state index contributed by atoms with van der Waals surface area (Å²) >= 11 is 0. The fourth-order valence-electron chi connectivity index (χ4n) is 3.43. The molecule has 4 rings (SSSR count). The summed E-state index contributed by atoms with van der Waals surface area (Å²) in [7, 11) is 0. The molecule has 0 unspecified atom stereocenters. The van der Waals surface area contributed by atoms with Crippen LogP contribution in [-0.4, -0.2) is 63.7 Å². The van der Waals surface area contributed by atoms with Gasteiger partial charge in [-0.3, -0.25) is 4.90 Å². The molecule has 1 aromatic carbocycles. The number of H-pyrrole nitrogens is 1. The number of carboxylic acid groups (broad SMARTS) is 1. The number of aromatic amines is 1. The zero-order valence-electron chi connectivity index (χ0n) is 15.8. The molecule has 1 fully saturated rings. The lowest BCUT2D eigenvalue weighted by Crippen LogP contribution is -2.46. The number of rotatable bonds is 6. The van der Waals surface area contributed by atoms with E-state index in [2.05, 4.69) is 24.8 Å². The van der Waals surface area contributed by atoms with E-state index in [1.165, 1.54) is 0 Å². The summed E-state index contributed by atoms with van der Waals surface area (Å²) in [6, 6.07) is 10.8. The first-order chi connectivity index (χ1) is 13.6. The van der Waals surface area contributed by atoms with E-state index in [0.29, 0.717) is 19.0 Å². The number of aromatic nitrogens is 3. The molecule has 3 aromatic rings. The molecule has 0 amide bonds. The Morgan fingerprint density at radius 2 is 2.00 bits per heavy atom. The average molecular weight is 381 g/mol. The van der Waals surface area contributed by atoms with Crippen molar-refractivity contribution >= 4 is 22.8 Å². The molecular weight excluding hydrogens is 358 g/mol. The van der Waals surface area contributed by atoms with Crippen molar-refractivity contribution in [2.75, 3.05) is 37.7 Å². The second-order valence-electron chi connectivity index (χ2n) is 6.75. The lowest BCUT2D eigenvalue weighted by Gasteiger charge is -2.35. The Bertz CT molecular complexity index is 979. The number of imidazole rings is 1. The molecule has 0 spiro atoms. The summed E-state index contributed by atoms with van der Waals surface area (Å²) in [5.74, 6) is 1.51. The highest BCUT2D eigenvalue weighted by Gasteiger charge is 2.19. The molecule has 0 aliphatic carbocycles. The van der Waals surface area contributed by atoms with Gasteiger partial charge in [-0.2, -0.15) is 4.98 Å². The minimum absolute atomic E-state index is 0.262. The van der Waals surface area contributed by atoms with Gasteiger partial charge in [-0.05, 0) is 31.2 Å². The fraction of sp³-hybridized carbons (Fsp3) is 0.350. The topological polar surface area (TPSA) is 94.6 Å². The number of carboxylic acids is 1. The van der Waals surface area contributed by atoms with E-state index in [-0.39, 0.29) is 5.56 Å². The Morgan fingerprint density at radius 1 is 1.18 bits per heavy atom. The summed E-state index contributed by atoms with van der Waals surface area (Å²) in [5, 5.41) is 9.12. The largest absolute Gasteiger partial charge is 0.478 e. The van der Waals surface area contributed by atoms with Crippen molar-refractivity contribution in [3.63, 3.8) is 0 Å². The highest BCUT2D eigenvalue weighted by atomic mass is 16.5. The quantitative estimate of drug-likeness (QED) is 0.677. The molecular formula is C20H23N5O3. The third-order valence-electron chi connectivity index (χ3n) is 4.85. The van der Waals surface area contributed by atoms with Crippen LogP contribution < -0.4 is 9.64 Å². The zero-order valence-corrected chi connectivity index (χ0v) is 15.8. The Morgan fingerprint density at radius 3 is 2.75 bits per heavy atom. The second kappa shape index (κ2) is 7.85. The van der Waals surface area contributed by atoms with Crippen LogP contribution in [0.25, 0.3) is 11.0 Å². The van der Waals surface area contributed by atoms with Gasteiger partial charge in [0.05, 0.1) is 29.7 Å². The molecule has 8 nitrogen and oxygen atoms in total. The van der Waals surface area contributed by atoms with Crippen LogP contribution in [0.15, 0.2) is 36.4 Å². The summed E-state index contributed by atoms with van der Waals surface area (Å²) in [5.41, 5.74) is 1.80. The lowest BCUT2D eigenvalue weighted by atomic mass is 10.2. The van der Waals surface area contributed by atoms with E-state index in [1.807, 2.05) is 25.1 Å². The summed E-state index contributed by atoms with van der Waals surface area (Å²) in [4.78, 5) is 28.1.